The van der Waals surface area contributed by atoms with Gasteiger partial charge in [-0.25, -0.2) is 4.79 Å². The van der Waals surface area contributed by atoms with Crippen LogP contribution >= 0.6 is 0 Å². The third kappa shape index (κ3) is 4.04. The van der Waals surface area contributed by atoms with E-state index < -0.39 is 5.97 Å². The van der Waals surface area contributed by atoms with Crippen molar-refractivity contribution >= 4 is 5.97 Å². The Hall–Kier alpha value is -3.47. The average molecular weight is 390 g/mol. The van der Waals surface area contributed by atoms with Crippen molar-refractivity contribution in [2.45, 2.75) is 11.8 Å². The monoisotopic (exact) mass is 390 g/mol. The Kier molecular flexibility index (Phi) is 5.38. The highest BCUT2D eigenvalue weighted by molar-refractivity contribution is 5.70. The van der Waals surface area contributed by atoms with Gasteiger partial charge in [-0.15, -0.1) is 0 Å². The topological polar surface area (TPSA) is 65.0 Å². The van der Waals surface area contributed by atoms with Crippen molar-refractivity contribution in [2.24, 2.45) is 0 Å². The maximum atomic E-state index is 11.3. The quantitative estimate of drug-likeness (QED) is 0.660. The predicted octanol–water partition coefficient (Wildman–Crippen LogP) is 4.25. The first-order valence-electron chi connectivity index (χ1n) is 9.46. The van der Waals surface area contributed by atoms with E-state index in [0.717, 1.165) is 16.9 Å². The second-order valence-corrected chi connectivity index (χ2v) is 6.96. The second-order valence-electron chi connectivity index (χ2n) is 6.96. The van der Waals surface area contributed by atoms with Crippen LogP contribution in [0.25, 0.3) is 0 Å². The fourth-order valence-corrected chi connectivity index (χ4v) is 3.78. The first-order valence-corrected chi connectivity index (χ1v) is 9.46. The summed E-state index contributed by atoms with van der Waals surface area (Å²) in [5.41, 5.74) is 3.21. The van der Waals surface area contributed by atoms with Gasteiger partial charge in [-0.05, 0) is 41.5 Å². The second kappa shape index (κ2) is 8.27. The molecule has 1 aliphatic heterocycles. The number of fused-ring (bicyclic) bond motifs is 1. The van der Waals surface area contributed by atoms with Gasteiger partial charge in [0.1, 0.15) is 17.2 Å². The number of benzene rings is 3. The highest BCUT2D eigenvalue weighted by Gasteiger charge is 2.33. The summed E-state index contributed by atoms with van der Waals surface area (Å²) in [6, 6.07) is 23.1. The number of ether oxygens (including phenoxy) is 3. The minimum atomic E-state index is -0.424. The summed E-state index contributed by atoms with van der Waals surface area (Å²) in [6.07, 6.45) is 0. The van der Waals surface area contributed by atoms with Crippen molar-refractivity contribution in [1.82, 2.24) is 0 Å². The van der Waals surface area contributed by atoms with Crippen molar-refractivity contribution in [3.8, 4) is 17.2 Å². The zero-order chi connectivity index (χ0) is 20.2. The summed E-state index contributed by atoms with van der Waals surface area (Å²) >= 11 is 0. The van der Waals surface area contributed by atoms with Gasteiger partial charge in [-0.2, -0.15) is 0 Å². The van der Waals surface area contributed by atoms with Gasteiger partial charge in [-0.3, -0.25) is 0 Å². The van der Waals surface area contributed by atoms with Crippen molar-refractivity contribution in [1.29, 1.82) is 0 Å². The first kappa shape index (κ1) is 18.9. The molecule has 0 saturated carbocycles. The molecule has 1 N–H and O–H groups in total. The molecule has 1 heterocycles. The Morgan fingerprint density at radius 3 is 2.52 bits per heavy atom. The van der Waals surface area contributed by atoms with Gasteiger partial charge in [0.15, 0.2) is 6.61 Å². The SMILES string of the molecule is COC(=O)COc1ccc([C@@H]2c3cc(O)ccc3OC[C@@H]2c2ccccc2)cc1. The number of carbonyl (C=O) groups is 1. The molecule has 29 heavy (non-hydrogen) atoms. The molecule has 0 aliphatic carbocycles. The molecule has 148 valence electrons. The summed E-state index contributed by atoms with van der Waals surface area (Å²) in [7, 11) is 1.33. The smallest absolute Gasteiger partial charge is 0.343 e. The molecule has 4 rings (SSSR count). The third-order valence-corrected chi connectivity index (χ3v) is 5.20. The lowest BCUT2D eigenvalue weighted by molar-refractivity contribution is -0.142. The molecule has 3 aromatic rings. The average Bonchev–Trinajstić information content (AvgIpc) is 2.77. The Balaban J connectivity index is 1.69. The van der Waals surface area contributed by atoms with Gasteiger partial charge in [0.2, 0.25) is 0 Å². The van der Waals surface area contributed by atoms with Crippen LogP contribution in [0.5, 0.6) is 17.2 Å². The van der Waals surface area contributed by atoms with Crippen LogP contribution < -0.4 is 9.47 Å². The normalized spacial score (nSPS) is 17.7. The van der Waals surface area contributed by atoms with Crippen molar-refractivity contribution < 1.29 is 24.1 Å². The number of esters is 1. The van der Waals surface area contributed by atoms with E-state index in [1.807, 2.05) is 48.5 Å². The molecule has 0 radical (unpaired) electrons. The summed E-state index contributed by atoms with van der Waals surface area (Å²) in [6.45, 7) is 0.420. The Morgan fingerprint density at radius 2 is 1.79 bits per heavy atom. The van der Waals surface area contributed by atoms with Gasteiger partial charge < -0.3 is 19.3 Å². The first-order chi connectivity index (χ1) is 14.2. The molecule has 3 aromatic carbocycles. The third-order valence-electron chi connectivity index (χ3n) is 5.20. The molecule has 0 bridgehead atoms. The van der Waals surface area contributed by atoms with E-state index in [-0.39, 0.29) is 24.2 Å². The zero-order valence-electron chi connectivity index (χ0n) is 16.1. The van der Waals surface area contributed by atoms with Crippen LogP contribution in [0.3, 0.4) is 0 Å². The van der Waals surface area contributed by atoms with Crippen LogP contribution in [0.1, 0.15) is 28.5 Å². The summed E-state index contributed by atoms with van der Waals surface area (Å²) in [5.74, 6) is 1.29. The summed E-state index contributed by atoms with van der Waals surface area (Å²) < 4.78 is 16.1. The van der Waals surface area contributed by atoms with Crippen LogP contribution in [-0.4, -0.2) is 31.4 Å². The lowest BCUT2D eigenvalue weighted by Crippen LogP contribution is -2.25. The standard InChI is InChI=1S/C24H22O5/c1-27-23(26)15-28-19-10-7-17(8-11-19)24-20-13-18(25)9-12-22(20)29-14-21(24)16-5-3-2-4-6-16/h2-13,21,24-25H,14-15H2,1H3/t21-,24-/m1/s1. The molecule has 0 fully saturated rings. The van der Waals surface area contributed by atoms with E-state index >= 15 is 0 Å². The molecule has 0 unspecified atom stereocenters. The van der Waals surface area contributed by atoms with Crippen LogP contribution in [0.2, 0.25) is 0 Å². The van der Waals surface area contributed by atoms with Crippen LogP contribution in [0, 0.1) is 0 Å². The number of aromatic hydroxyl groups is 1. The highest BCUT2D eigenvalue weighted by Crippen LogP contribution is 2.47. The van der Waals surface area contributed by atoms with Gasteiger partial charge in [0, 0.05) is 17.4 Å². The predicted molar refractivity (Wildman–Crippen MR) is 109 cm³/mol. The van der Waals surface area contributed by atoms with E-state index in [1.165, 1.54) is 12.7 Å². The molecular weight excluding hydrogens is 368 g/mol. The number of hydrogen-bond acceptors (Lipinski definition) is 5. The number of phenolic OH excluding ortho intramolecular Hbond substituents is 1. The van der Waals surface area contributed by atoms with Crippen LogP contribution in [0.15, 0.2) is 72.8 Å². The molecule has 0 spiro atoms. The van der Waals surface area contributed by atoms with Crippen LogP contribution in [-0.2, 0) is 9.53 Å². The molecule has 0 saturated heterocycles. The molecule has 1 aliphatic rings. The molecule has 0 aromatic heterocycles. The fraction of sp³-hybridized carbons (Fsp3) is 0.208. The Bertz CT molecular complexity index is 982. The number of hydrogen-bond donors (Lipinski definition) is 1. The van der Waals surface area contributed by atoms with Crippen LogP contribution in [0.4, 0.5) is 0 Å². The maximum Gasteiger partial charge on any atom is 0.343 e. The van der Waals surface area contributed by atoms with Gasteiger partial charge >= 0.3 is 5.97 Å². The van der Waals surface area contributed by atoms with E-state index in [2.05, 4.69) is 16.9 Å². The van der Waals surface area contributed by atoms with Gasteiger partial charge in [0.25, 0.3) is 0 Å². The fourth-order valence-electron chi connectivity index (χ4n) is 3.78. The molecule has 5 nitrogen and oxygen atoms in total. The Morgan fingerprint density at radius 1 is 1.03 bits per heavy atom. The molecule has 5 heteroatoms. The van der Waals surface area contributed by atoms with E-state index in [0.29, 0.717) is 12.4 Å². The number of rotatable bonds is 5. The summed E-state index contributed by atoms with van der Waals surface area (Å²) in [4.78, 5) is 11.3. The molecule has 0 amide bonds. The molecule has 2 atom stereocenters. The lowest BCUT2D eigenvalue weighted by Gasteiger charge is -2.34. The zero-order valence-corrected chi connectivity index (χ0v) is 16.1. The van der Waals surface area contributed by atoms with E-state index in [9.17, 15) is 9.90 Å². The number of carbonyl (C=O) groups excluding carboxylic acids is 1. The summed E-state index contributed by atoms with van der Waals surface area (Å²) in [5, 5.41) is 10.1. The van der Waals surface area contributed by atoms with Crippen molar-refractivity contribution in [3.63, 3.8) is 0 Å². The van der Waals surface area contributed by atoms with Gasteiger partial charge in [0.05, 0.1) is 13.7 Å². The number of phenols is 1. The molecular formula is C24H22O5. The Labute approximate surface area is 169 Å². The van der Waals surface area contributed by atoms with Crippen molar-refractivity contribution in [2.75, 3.05) is 20.3 Å². The number of methoxy groups -OCH3 is 1. The van der Waals surface area contributed by atoms with E-state index in [1.54, 1.807) is 12.1 Å². The minimum absolute atomic E-state index is 0.0166. The largest absolute Gasteiger partial charge is 0.508 e. The maximum absolute atomic E-state index is 11.3. The van der Waals surface area contributed by atoms with E-state index in [4.69, 9.17) is 9.47 Å². The highest BCUT2D eigenvalue weighted by atomic mass is 16.6. The van der Waals surface area contributed by atoms with Gasteiger partial charge in [-0.1, -0.05) is 42.5 Å². The van der Waals surface area contributed by atoms with Crippen molar-refractivity contribution in [3.05, 3.63) is 89.5 Å². The lowest BCUT2D eigenvalue weighted by atomic mass is 9.76. The minimum Gasteiger partial charge on any atom is -0.508 e.